The number of carbonyl (C=O) groups excluding carboxylic acids is 1. The fraction of sp³-hybridized carbons (Fsp3) is 0.706. The Labute approximate surface area is 142 Å². The lowest BCUT2D eigenvalue weighted by Crippen LogP contribution is -2.53. The zero-order valence-electron chi connectivity index (χ0n) is 14.0. The zero-order valence-corrected chi connectivity index (χ0v) is 14.0. The third kappa shape index (κ3) is 3.17. The first-order valence-electron chi connectivity index (χ1n) is 8.96. The van der Waals surface area contributed by atoms with Gasteiger partial charge in [0.2, 0.25) is 5.95 Å². The molecule has 0 unspecified atom stereocenters. The molecule has 1 spiro atoms. The highest BCUT2D eigenvalue weighted by Crippen LogP contribution is 2.36. The van der Waals surface area contributed by atoms with E-state index in [9.17, 15) is 4.79 Å². The number of rotatable bonds is 2. The molecule has 130 valence electrons. The maximum atomic E-state index is 12.7. The minimum atomic E-state index is -0.208. The molecule has 3 fully saturated rings. The van der Waals surface area contributed by atoms with Gasteiger partial charge in [-0.15, -0.1) is 0 Å². The first-order chi connectivity index (χ1) is 11.7. The predicted octanol–water partition coefficient (Wildman–Crippen LogP) is 1.73. The van der Waals surface area contributed by atoms with Crippen molar-refractivity contribution in [2.24, 2.45) is 0 Å². The molecule has 7 nitrogen and oxygen atoms in total. The molecule has 3 aliphatic heterocycles. The highest BCUT2D eigenvalue weighted by atomic mass is 16.5. The molecule has 4 rings (SSSR count). The first kappa shape index (κ1) is 15.6. The molecule has 0 aliphatic carbocycles. The van der Waals surface area contributed by atoms with Crippen LogP contribution >= 0.6 is 0 Å². The van der Waals surface area contributed by atoms with Crippen LogP contribution in [0.1, 0.15) is 32.1 Å². The van der Waals surface area contributed by atoms with Crippen LogP contribution in [-0.2, 0) is 4.74 Å². The molecule has 0 saturated carbocycles. The van der Waals surface area contributed by atoms with E-state index in [-0.39, 0.29) is 17.7 Å². The number of aromatic nitrogens is 2. The van der Waals surface area contributed by atoms with Gasteiger partial charge in [-0.25, -0.2) is 14.8 Å². The van der Waals surface area contributed by atoms with E-state index in [1.165, 1.54) is 0 Å². The Balaban J connectivity index is 1.37. The average Bonchev–Trinajstić information content (AvgIpc) is 3.26. The van der Waals surface area contributed by atoms with E-state index in [1.807, 2.05) is 9.80 Å². The SMILES string of the molecule is O=C(N1CCCC1)N1CCC[C@@]2(C[C@H](Nc3ncccn3)CO2)C1. The van der Waals surface area contributed by atoms with Crippen LogP contribution < -0.4 is 5.32 Å². The van der Waals surface area contributed by atoms with Gasteiger partial charge in [0, 0.05) is 38.4 Å². The second-order valence-corrected chi connectivity index (χ2v) is 7.11. The fourth-order valence-electron chi connectivity index (χ4n) is 4.15. The van der Waals surface area contributed by atoms with Crippen molar-refractivity contribution in [1.29, 1.82) is 0 Å². The van der Waals surface area contributed by atoms with Crippen LogP contribution in [0.2, 0.25) is 0 Å². The molecule has 0 bridgehead atoms. The van der Waals surface area contributed by atoms with Crippen LogP contribution in [0.25, 0.3) is 0 Å². The highest BCUT2D eigenvalue weighted by molar-refractivity contribution is 5.75. The van der Waals surface area contributed by atoms with Crippen LogP contribution in [-0.4, -0.2) is 70.2 Å². The minimum Gasteiger partial charge on any atom is -0.371 e. The number of anilines is 1. The quantitative estimate of drug-likeness (QED) is 0.894. The summed E-state index contributed by atoms with van der Waals surface area (Å²) >= 11 is 0. The summed E-state index contributed by atoms with van der Waals surface area (Å²) in [6.07, 6.45) is 8.65. The summed E-state index contributed by atoms with van der Waals surface area (Å²) in [6, 6.07) is 2.20. The molecule has 3 saturated heterocycles. The lowest BCUT2D eigenvalue weighted by molar-refractivity contribution is -0.0435. The Kier molecular flexibility index (Phi) is 4.26. The molecular weight excluding hydrogens is 306 g/mol. The number of amides is 2. The molecule has 3 aliphatic rings. The van der Waals surface area contributed by atoms with E-state index in [0.717, 1.165) is 51.7 Å². The molecule has 2 amide bonds. The Morgan fingerprint density at radius 3 is 2.71 bits per heavy atom. The normalized spacial score (nSPS) is 30.1. The standard InChI is InChI=1S/C17H25N5O2/c23-16(21-8-1-2-9-21)22-10-3-5-17(13-22)11-14(12-24-17)20-15-18-6-4-7-19-15/h4,6-7,14H,1-3,5,8-13H2,(H,18,19,20)/t14-,17+/m0/s1. The Hall–Kier alpha value is -1.89. The Morgan fingerprint density at radius 1 is 1.17 bits per heavy atom. The number of ether oxygens (including phenoxy) is 1. The topological polar surface area (TPSA) is 70.6 Å². The van der Waals surface area contributed by atoms with E-state index in [0.29, 0.717) is 19.1 Å². The van der Waals surface area contributed by atoms with Gasteiger partial charge in [-0.3, -0.25) is 0 Å². The van der Waals surface area contributed by atoms with E-state index in [4.69, 9.17) is 4.74 Å². The van der Waals surface area contributed by atoms with E-state index < -0.39 is 0 Å². The number of urea groups is 1. The molecule has 24 heavy (non-hydrogen) atoms. The van der Waals surface area contributed by atoms with Gasteiger partial charge in [0.1, 0.15) is 0 Å². The van der Waals surface area contributed by atoms with Gasteiger partial charge in [0.15, 0.2) is 0 Å². The van der Waals surface area contributed by atoms with Crippen LogP contribution in [0, 0.1) is 0 Å². The van der Waals surface area contributed by atoms with Gasteiger partial charge in [-0.1, -0.05) is 0 Å². The van der Waals surface area contributed by atoms with Crippen LogP contribution in [0.5, 0.6) is 0 Å². The van der Waals surface area contributed by atoms with Gasteiger partial charge in [0.05, 0.1) is 24.8 Å². The monoisotopic (exact) mass is 331 g/mol. The van der Waals surface area contributed by atoms with Crippen LogP contribution in [0.4, 0.5) is 10.7 Å². The van der Waals surface area contributed by atoms with Gasteiger partial charge >= 0.3 is 6.03 Å². The summed E-state index contributed by atoms with van der Waals surface area (Å²) in [5, 5.41) is 3.35. The molecule has 1 aromatic rings. The largest absolute Gasteiger partial charge is 0.371 e. The fourth-order valence-corrected chi connectivity index (χ4v) is 4.15. The number of hydrogen-bond acceptors (Lipinski definition) is 5. The summed E-state index contributed by atoms with van der Waals surface area (Å²) in [4.78, 5) is 25.1. The minimum absolute atomic E-state index is 0.193. The second-order valence-electron chi connectivity index (χ2n) is 7.11. The van der Waals surface area contributed by atoms with Crippen LogP contribution in [0.15, 0.2) is 18.5 Å². The third-order valence-electron chi connectivity index (χ3n) is 5.29. The van der Waals surface area contributed by atoms with Crippen molar-refractivity contribution in [2.75, 3.05) is 38.1 Å². The van der Waals surface area contributed by atoms with Gasteiger partial charge in [-0.2, -0.15) is 0 Å². The summed E-state index contributed by atoms with van der Waals surface area (Å²) in [5.41, 5.74) is -0.208. The number of hydrogen-bond donors (Lipinski definition) is 1. The van der Waals surface area contributed by atoms with Gasteiger partial charge < -0.3 is 19.9 Å². The second kappa shape index (κ2) is 6.55. The number of carbonyl (C=O) groups is 1. The maximum Gasteiger partial charge on any atom is 0.320 e. The molecule has 7 heteroatoms. The number of piperidine rings is 1. The summed E-state index contributed by atoms with van der Waals surface area (Å²) in [6.45, 7) is 4.00. The molecule has 1 N–H and O–H groups in total. The molecule has 0 aromatic carbocycles. The van der Waals surface area contributed by atoms with Crippen LogP contribution in [0.3, 0.4) is 0 Å². The van der Waals surface area contributed by atoms with Crippen molar-refractivity contribution in [3.8, 4) is 0 Å². The number of likely N-dealkylation sites (tertiary alicyclic amines) is 2. The van der Waals surface area contributed by atoms with E-state index in [1.54, 1.807) is 18.5 Å². The third-order valence-corrected chi connectivity index (χ3v) is 5.29. The van der Waals surface area contributed by atoms with Crippen molar-refractivity contribution in [2.45, 2.75) is 43.7 Å². The predicted molar refractivity (Wildman–Crippen MR) is 89.8 cm³/mol. The van der Waals surface area contributed by atoms with Crippen molar-refractivity contribution in [3.05, 3.63) is 18.5 Å². The number of nitrogens with one attached hydrogen (secondary N) is 1. The summed E-state index contributed by atoms with van der Waals surface area (Å²) in [5.74, 6) is 0.643. The van der Waals surface area contributed by atoms with Crippen molar-refractivity contribution in [1.82, 2.24) is 19.8 Å². The molecular formula is C17H25N5O2. The molecule has 1 aromatic heterocycles. The summed E-state index contributed by atoms with van der Waals surface area (Å²) in [7, 11) is 0. The van der Waals surface area contributed by atoms with Crippen molar-refractivity contribution in [3.63, 3.8) is 0 Å². The Bertz CT molecular complexity index is 578. The van der Waals surface area contributed by atoms with Gasteiger partial charge in [-0.05, 0) is 31.7 Å². The smallest absolute Gasteiger partial charge is 0.320 e. The molecule has 0 radical (unpaired) electrons. The molecule has 2 atom stereocenters. The lowest BCUT2D eigenvalue weighted by Gasteiger charge is -2.41. The van der Waals surface area contributed by atoms with E-state index >= 15 is 0 Å². The van der Waals surface area contributed by atoms with E-state index in [2.05, 4.69) is 15.3 Å². The molecule has 4 heterocycles. The van der Waals surface area contributed by atoms with Crippen molar-refractivity contribution >= 4 is 12.0 Å². The number of nitrogens with zero attached hydrogens (tertiary/aromatic N) is 4. The average molecular weight is 331 g/mol. The zero-order chi connectivity index (χ0) is 16.4. The highest BCUT2D eigenvalue weighted by Gasteiger charge is 2.45. The first-order valence-corrected chi connectivity index (χ1v) is 8.96. The lowest BCUT2D eigenvalue weighted by atomic mass is 9.89. The van der Waals surface area contributed by atoms with Gasteiger partial charge in [0.25, 0.3) is 0 Å². The maximum absolute atomic E-state index is 12.7. The Morgan fingerprint density at radius 2 is 1.92 bits per heavy atom. The van der Waals surface area contributed by atoms with Crippen molar-refractivity contribution < 1.29 is 9.53 Å². The summed E-state index contributed by atoms with van der Waals surface area (Å²) < 4.78 is 6.18.